The Morgan fingerprint density at radius 1 is 1.55 bits per heavy atom. The van der Waals surface area contributed by atoms with Crippen LogP contribution in [0.15, 0.2) is 24.3 Å². The molecule has 0 saturated heterocycles. The lowest BCUT2D eigenvalue weighted by molar-refractivity contribution is 0.0933. The van der Waals surface area contributed by atoms with Crippen molar-refractivity contribution in [3.63, 3.8) is 0 Å². The molecule has 7 heteroatoms. The highest BCUT2D eigenvalue weighted by atomic mass is 32.1. The zero-order valence-corrected chi connectivity index (χ0v) is 12.0. The van der Waals surface area contributed by atoms with Gasteiger partial charge in [0, 0.05) is 6.54 Å². The maximum absolute atomic E-state index is 13.5. The Balaban J connectivity index is 2.20. The van der Waals surface area contributed by atoms with E-state index in [4.69, 9.17) is 12.2 Å². The highest BCUT2D eigenvalue weighted by Crippen LogP contribution is 2.12. The van der Waals surface area contributed by atoms with E-state index in [1.807, 2.05) is 6.92 Å². The molecule has 0 spiro atoms. The number of hydrogen-bond donors (Lipinski definition) is 2. The molecule has 0 aliphatic carbocycles. The second-order valence-electron chi connectivity index (χ2n) is 4.31. The van der Waals surface area contributed by atoms with E-state index >= 15 is 0 Å². The van der Waals surface area contributed by atoms with Crippen LogP contribution in [0.1, 0.15) is 36.1 Å². The molecule has 0 aliphatic heterocycles. The number of benzene rings is 1. The molecule has 2 N–H and O–H groups in total. The van der Waals surface area contributed by atoms with Crippen molar-refractivity contribution in [3.05, 3.63) is 46.2 Å². The summed E-state index contributed by atoms with van der Waals surface area (Å²) in [6.45, 7) is 4.35. The van der Waals surface area contributed by atoms with Gasteiger partial charge in [-0.25, -0.2) is 4.39 Å². The summed E-state index contributed by atoms with van der Waals surface area (Å²) in [4.78, 5) is 12.0. The molecule has 106 valence electrons. The van der Waals surface area contributed by atoms with E-state index in [9.17, 15) is 9.18 Å². The van der Waals surface area contributed by atoms with Gasteiger partial charge in [0.05, 0.1) is 11.6 Å². The number of carbonyl (C=O) groups is 1. The Morgan fingerprint density at radius 3 is 2.90 bits per heavy atom. The number of nitrogens with zero attached hydrogens (tertiary/aromatic N) is 2. The largest absolute Gasteiger partial charge is 0.342 e. The van der Waals surface area contributed by atoms with E-state index in [0.717, 1.165) is 0 Å². The quantitative estimate of drug-likeness (QED) is 0.852. The Hall–Kier alpha value is -2.02. The zero-order chi connectivity index (χ0) is 14.7. The fourth-order valence-electron chi connectivity index (χ4n) is 1.95. The number of rotatable bonds is 4. The summed E-state index contributed by atoms with van der Waals surface area (Å²) in [5.41, 5.74) is 0.0107. The number of nitrogens with one attached hydrogen (secondary N) is 2. The summed E-state index contributed by atoms with van der Waals surface area (Å²) in [7, 11) is 0. The molecule has 1 aromatic heterocycles. The van der Waals surface area contributed by atoms with Crippen molar-refractivity contribution in [2.75, 3.05) is 0 Å². The van der Waals surface area contributed by atoms with Gasteiger partial charge in [-0.15, -0.1) is 0 Å². The van der Waals surface area contributed by atoms with Crippen LogP contribution in [0.25, 0.3) is 0 Å². The molecule has 1 aromatic carbocycles. The van der Waals surface area contributed by atoms with Crippen LogP contribution in [0.2, 0.25) is 0 Å². The van der Waals surface area contributed by atoms with E-state index in [2.05, 4.69) is 15.5 Å². The van der Waals surface area contributed by atoms with Crippen molar-refractivity contribution in [2.45, 2.75) is 26.4 Å². The predicted molar refractivity (Wildman–Crippen MR) is 75.4 cm³/mol. The minimum Gasteiger partial charge on any atom is -0.342 e. The van der Waals surface area contributed by atoms with E-state index in [1.54, 1.807) is 17.6 Å². The van der Waals surface area contributed by atoms with Crippen molar-refractivity contribution in [2.24, 2.45) is 0 Å². The summed E-state index contributed by atoms with van der Waals surface area (Å²) in [5.74, 6) is -0.416. The van der Waals surface area contributed by atoms with Crippen LogP contribution in [0.3, 0.4) is 0 Å². The van der Waals surface area contributed by atoms with Crippen LogP contribution in [-0.4, -0.2) is 20.7 Å². The first-order chi connectivity index (χ1) is 9.54. The molecule has 1 heterocycles. The molecule has 20 heavy (non-hydrogen) atoms. The van der Waals surface area contributed by atoms with Gasteiger partial charge in [-0.3, -0.25) is 9.89 Å². The maximum Gasteiger partial charge on any atom is 0.254 e. The molecule has 5 nitrogen and oxygen atoms in total. The summed E-state index contributed by atoms with van der Waals surface area (Å²) >= 11 is 5.09. The number of aromatic amines is 1. The van der Waals surface area contributed by atoms with Crippen LogP contribution < -0.4 is 5.32 Å². The average Bonchev–Trinajstić information content (AvgIpc) is 2.80. The second-order valence-corrected chi connectivity index (χ2v) is 4.69. The van der Waals surface area contributed by atoms with Gasteiger partial charge in [-0.2, -0.15) is 5.10 Å². The molecule has 0 aliphatic rings. The van der Waals surface area contributed by atoms with Gasteiger partial charge in [0.1, 0.15) is 5.82 Å². The molecule has 0 fully saturated rings. The third-order valence-electron chi connectivity index (χ3n) is 2.96. The monoisotopic (exact) mass is 294 g/mol. The van der Waals surface area contributed by atoms with Gasteiger partial charge < -0.3 is 9.88 Å². The van der Waals surface area contributed by atoms with E-state index < -0.39 is 11.7 Å². The normalized spacial score (nSPS) is 12.2. The second kappa shape index (κ2) is 5.96. The lowest BCUT2D eigenvalue weighted by atomic mass is 10.2. The van der Waals surface area contributed by atoms with Crippen LogP contribution in [-0.2, 0) is 6.54 Å². The molecular formula is C13H15FN4OS. The number of amides is 1. The smallest absolute Gasteiger partial charge is 0.254 e. The Labute approximate surface area is 120 Å². The Morgan fingerprint density at radius 2 is 2.25 bits per heavy atom. The lowest BCUT2D eigenvalue weighted by Crippen LogP contribution is -2.29. The predicted octanol–water partition coefficient (Wildman–Crippen LogP) is 2.59. The number of halogens is 1. The third-order valence-corrected chi connectivity index (χ3v) is 3.27. The molecule has 1 unspecified atom stereocenters. The molecule has 2 aromatic rings. The van der Waals surface area contributed by atoms with E-state index in [1.165, 1.54) is 18.2 Å². The topological polar surface area (TPSA) is 62.7 Å². The maximum atomic E-state index is 13.5. The molecule has 0 saturated carbocycles. The third kappa shape index (κ3) is 2.77. The van der Waals surface area contributed by atoms with Crippen LogP contribution in [0.5, 0.6) is 0 Å². The van der Waals surface area contributed by atoms with Crippen molar-refractivity contribution in [1.82, 2.24) is 20.1 Å². The molecule has 1 atom stereocenters. The average molecular weight is 294 g/mol. The number of carbonyl (C=O) groups excluding carboxylic acids is 1. The molecule has 0 radical (unpaired) electrons. The minimum absolute atomic E-state index is 0.0107. The highest BCUT2D eigenvalue weighted by Gasteiger charge is 2.18. The summed E-state index contributed by atoms with van der Waals surface area (Å²) in [5, 5.41) is 9.49. The highest BCUT2D eigenvalue weighted by molar-refractivity contribution is 7.71. The van der Waals surface area contributed by atoms with E-state index in [-0.39, 0.29) is 11.6 Å². The van der Waals surface area contributed by atoms with Crippen LogP contribution in [0, 0.1) is 10.6 Å². The van der Waals surface area contributed by atoms with Crippen molar-refractivity contribution < 1.29 is 9.18 Å². The summed E-state index contributed by atoms with van der Waals surface area (Å²) in [6, 6.07) is 5.47. The zero-order valence-electron chi connectivity index (χ0n) is 11.2. The number of hydrogen-bond acceptors (Lipinski definition) is 3. The minimum atomic E-state index is -0.549. The van der Waals surface area contributed by atoms with Crippen molar-refractivity contribution in [1.29, 1.82) is 0 Å². The van der Waals surface area contributed by atoms with Gasteiger partial charge in [0.25, 0.3) is 5.91 Å². The van der Waals surface area contributed by atoms with Gasteiger partial charge in [0.15, 0.2) is 10.6 Å². The molecular weight excluding hydrogens is 279 g/mol. The first-order valence-corrected chi connectivity index (χ1v) is 6.66. The van der Waals surface area contributed by atoms with Crippen molar-refractivity contribution >= 4 is 18.1 Å². The SMILES string of the molecule is CCn1c(C(C)NC(=O)c2ccccc2F)n[nH]c1=S. The molecule has 2 rings (SSSR count). The van der Waals surface area contributed by atoms with Crippen molar-refractivity contribution in [3.8, 4) is 0 Å². The fraction of sp³-hybridized carbons (Fsp3) is 0.308. The standard InChI is InChI=1S/C13H15FN4OS/c1-3-18-11(16-17-13(18)20)8(2)15-12(19)9-6-4-5-7-10(9)14/h4-8H,3H2,1-2H3,(H,15,19)(H,17,20). The van der Waals surface area contributed by atoms with Crippen LogP contribution in [0.4, 0.5) is 4.39 Å². The molecule has 0 bridgehead atoms. The van der Waals surface area contributed by atoms with Crippen LogP contribution >= 0.6 is 12.2 Å². The number of aromatic nitrogens is 3. The van der Waals surface area contributed by atoms with Gasteiger partial charge in [-0.1, -0.05) is 12.1 Å². The lowest BCUT2D eigenvalue weighted by Gasteiger charge is -2.14. The summed E-state index contributed by atoms with van der Waals surface area (Å²) < 4.78 is 15.8. The van der Waals surface area contributed by atoms with Gasteiger partial charge in [-0.05, 0) is 38.2 Å². The Kier molecular flexibility index (Phi) is 4.29. The van der Waals surface area contributed by atoms with Gasteiger partial charge in [0.2, 0.25) is 0 Å². The first kappa shape index (κ1) is 14.4. The van der Waals surface area contributed by atoms with E-state index in [0.29, 0.717) is 17.1 Å². The van der Waals surface area contributed by atoms with Gasteiger partial charge >= 0.3 is 0 Å². The summed E-state index contributed by atoms with van der Waals surface area (Å²) in [6.07, 6.45) is 0. The fourth-order valence-corrected chi connectivity index (χ4v) is 2.22. The Bertz CT molecular complexity index is 679. The first-order valence-electron chi connectivity index (χ1n) is 6.25. The number of H-pyrrole nitrogens is 1. The molecule has 1 amide bonds.